The highest BCUT2D eigenvalue weighted by Crippen LogP contribution is 2.24. The summed E-state index contributed by atoms with van der Waals surface area (Å²) in [5.74, 6) is 0.494. The summed E-state index contributed by atoms with van der Waals surface area (Å²) in [6.45, 7) is 0.394. The molecule has 1 aliphatic heterocycles. The maximum absolute atomic E-state index is 12.7. The van der Waals surface area contributed by atoms with E-state index in [0.717, 1.165) is 25.7 Å². The molecule has 7 heteroatoms. The smallest absolute Gasteiger partial charge is 0.318 e. The average molecular weight is 346 g/mol. The number of carbonyl (C=O) groups is 2. The zero-order valence-corrected chi connectivity index (χ0v) is 14.6. The Bertz CT molecular complexity index is 589. The van der Waals surface area contributed by atoms with Crippen LogP contribution in [-0.4, -0.2) is 53.6 Å². The van der Waals surface area contributed by atoms with Crippen molar-refractivity contribution in [3.8, 4) is 5.75 Å². The lowest BCUT2D eigenvalue weighted by Crippen LogP contribution is -2.51. The second-order valence-electron chi connectivity index (χ2n) is 6.73. The number of likely N-dealkylation sites (N-methyl/N-ethyl adjacent to an activating group) is 1. The van der Waals surface area contributed by atoms with Gasteiger partial charge in [0.2, 0.25) is 5.91 Å². The first-order valence-electron chi connectivity index (χ1n) is 9.03. The van der Waals surface area contributed by atoms with Gasteiger partial charge in [-0.15, -0.1) is 0 Å². The van der Waals surface area contributed by atoms with Gasteiger partial charge in [0.05, 0.1) is 12.7 Å². The molecule has 2 fully saturated rings. The number of hydrogen-bond donors (Lipinski definition) is 2. The van der Waals surface area contributed by atoms with Crippen molar-refractivity contribution in [2.45, 2.75) is 56.7 Å². The molecule has 1 aromatic rings. The molecule has 0 radical (unpaired) electrons. The highest BCUT2D eigenvalue weighted by molar-refractivity contribution is 5.87. The highest BCUT2D eigenvalue weighted by atomic mass is 16.5. The van der Waals surface area contributed by atoms with E-state index in [1.54, 1.807) is 30.4 Å². The van der Waals surface area contributed by atoms with Gasteiger partial charge in [0, 0.05) is 25.7 Å². The number of hydrogen-bond acceptors (Lipinski definition) is 4. The molecule has 3 amide bonds. The quantitative estimate of drug-likeness (QED) is 0.869. The number of ether oxygens (including phenoxy) is 1. The summed E-state index contributed by atoms with van der Waals surface area (Å²) < 4.78 is 5.91. The van der Waals surface area contributed by atoms with Gasteiger partial charge in [0.15, 0.2) is 0 Å². The Morgan fingerprint density at radius 3 is 2.76 bits per heavy atom. The van der Waals surface area contributed by atoms with Gasteiger partial charge >= 0.3 is 6.03 Å². The van der Waals surface area contributed by atoms with E-state index in [1.165, 1.54) is 6.42 Å². The average Bonchev–Trinajstić information content (AvgIpc) is 3.07. The van der Waals surface area contributed by atoms with Gasteiger partial charge in [-0.2, -0.15) is 0 Å². The van der Waals surface area contributed by atoms with Gasteiger partial charge < -0.3 is 20.3 Å². The van der Waals surface area contributed by atoms with Crippen molar-refractivity contribution in [2.24, 2.45) is 0 Å². The molecule has 1 saturated carbocycles. The van der Waals surface area contributed by atoms with Crippen molar-refractivity contribution < 1.29 is 14.3 Å². The summed E-state index contributed by atoms with van der Waals surface area (Å²) in [5.41, 5.74) is 0. The van der Waals surface area contributed by atoms with Crippen LogP contribution in [0.3, 0.4) is 0 Å². The summed E-state index contributed by atoms with van der Waals surface area (Å²) in [6.07, 6.45) is 9.14. The van der Waals surface area contributed by atoms with E-state index in [9.17, 15) is 9.59 Å². The van der Waals surface area contributed by atoms with Crippen molar-refractivity contribution in [1.29, 1.82) is 0 Å². The van der Waals surface area contributed by atoms with Crippen LogP contribution in [0.1, 0.15) is 38.5 Å². The van der Waals surface area contributed by atoms with E-state index >= 15 is 0 Å². The Morgan fingerprint density at radius 2 is 2.08 bits per heavy atom. The van der Waals surface area contributed by atoms with Crippen LogP contribution >= 0.6 is 0 Å². The lowest BCUT2D eigenvalue weighted by molar-refractivity contribution is -0.124. The summed E-state index contributed by atoms with van der Waals surface area (Å²) in [4.78, 5) is 30.6. The van der Waals surface area contributed by atoms with Crippen LogP contribution < -0.4 is 15.4 Å². The molecule has 0 unspecified atom stereocenters. The van der Waals surface area contributed by atoms with Crippen molar-refractivity contribution in [1.82, 2.24) is 20.5 Å². The fourth-order valence-electron chi connectivity index (χ4n) is 3.64. The summed E-state index contributed by atoms with van der Waals surface area (Å²) in [6, 6.07) is 3.17. The second kappa shape index (κ2) is 8.18. The lowest BCUT2D eigenvalue weighted by atomic mass is 9.96. The third kappa shape index (κ3) is 4.41. The minimum atomic E-state index is -0.504. The van der Waals surface area contributed by atoms with Gasteiger partial charge in [-0.1, -0.05) is 19.3 Å². The molecule has 3 rings (SSSR count). The van der Waals surface area contributed by atoms with Crippen LogP contribution in [0.25, 0.3) is 0 Å². The van der Waals surface area contributed by atoms with Crippen LogP contribution in [0, 0.1) is 0 Å². The Morgan fingerprint density at radius 1 is 1.28 bits per heavy atom. The molecule has 0 bridgehead atoms. The molecule has 2 atom stereocenters. The monoisotopic (exact) mass is 346 g/mol. The molecular weight excluding hydrogens is 320 g/mol. The molecule has 2 N–H and O–H groups in total. The number of carbonyl (C=O) groups excluding carboxylic acids is 2. The molecule has 2 aliphatic rings. The van der Waals surface area contributed by atoms with Crippen molar-refractivity contribution in [3.63, 3.8) is 0 Å². The zero-order chi connectivity index (χ0) is 17.6. The number of rotatable bonds is 4. The van der Waals surface area contributed by atoms with Crippen LogP contribution in [-0.2, 0) is 4.79 Å². The van der Waals surface area contributed by atoms with Gasteiger partial charge in [0.1, 0.15) is 17.9 Å². The molecule has 7 nitrogen and oxygen atoms in total. The number of aromatic nitrogens is 1. The summed E-state index contributed by atoms with van der Waals surface area (Å²) >= 11 is 0. The van der Waals surface area contributed by atoms with Crippen molar-refractivity contribution in [3.05, 3.63) is 24.5 Å². The van der Waals surface area contributed by atoms with Crippen LogP contribution in [0.4, 0.5) is 4.79 Å². The fraction of sp³-hybridized carbons (Fsp3) is 0.611. The molecule has 1 aliphatic carbocycles. The third-order valence-corrected chi connectivity index (χ3v) is 4.94. The van der Waals surface area contributed by atoms with Crippen LogP contribution in [0.15, 0.2) is 24.5 Å². The number of nitrogens with one attached hydrogen (secondary N) is 2. The van der Waals surface area contributed by atoms with E-state index < -0.39 is 6.04 Å². The first-order chi connectivity index (χ1) is 12.2. The summed E-state index contributed by atoms with van der Waals surface area (Å²) in [5, 5.41) is 5.74. The molecule has 2 heterocycles. The van der Waals surface area contributed by atoms with Gasteiger partial charge in [-0.3, -0.25) is 9.78 Å². The molecule has 25 heavy (non-hydrogen) atoms. The van der Waals surface area contributed by atoms with Gasteiger partial charge in [-0.25, -0.2) is 4.79 Å². The van der Waals surface area contributed by atoms with E-state index in [0.29, 0.717) is 18.7 Å². The standard InChI is InChI=1S/C18H26N4O3/c1-19-17(23)16-10-15(25-14-8-5-9-20-11-14)12-22(16)18(24)21-13-6-3-2-4-7-13/h5,8-9,11,13,15-16H,2-4,6-7,10,12H2,1H3,(H,19,23)(H,21,24)/t15-,16+/m0/s1. The van der Waals surface area contributed by atoms with E-state index in [2.05, 4.69) is 15.6 Å². The third-order valence-electron chi connectivity index (χ3n) is 4.94. The van der Waals surface area contributed by atoms with Crippen molar-refractivity contribution >= 4 is 11.9 Å². The predicted molar refractivity (Wildman–Crippen MR) is 93.2 cm³/mol. The normalized spacial score (nSPS) is 24.0. The Balaban J connectivity index is 1.64. The molecular formula is C18H26N4O3. The maximum Gasteiger partial charge on any atom is 0.318 e. The highest BCUT2D eigenvalue weighted by Gasteiger charge is 2.41. The Kier molecular flexibility index (Phi) is 5.73. The number of likely N-dealkylation sites (tertiary alicyclic amines) is 1. The number of pyridine rings is 1. The van der Waals surface area contributed by atoms with Gasteiger partial charge in [0.25, 0.3) is 0 Å². The van der Waals surface area contributed by atoms with E-state index in [1.807, 2.05) is 6.07 Å². The van der Waals surface area contributed by atoms with Crippen molar-refractivity contribution in [2.75, 3.05) is 13.6 Å². The van der Waals surface area contributed by atoms with Crippen LogP contribution in [0.5, 0.6) is 5.75 Å². The molecule has 136 valence electrons. The SMILES string of the molecule is CNC(=O)[C@H]1C[C@H](Oc2cccnc2)CN1C(=O)NC1CCCCC1. The zero-order valence-electron chi connectivity index (χ0n) is 14.6. The Labute approximate surface area is 148 Å². The van der Waals surface area contributed by atoms with E-state index in [4.69, 9.17) is 4.74 Å². The topological polar surface area (TPSA) is 83.6 Å². The van der Waals surface area contributed by atoms with Gasteiger partial charge in [-0.05, 0) is 25.0 Å². The second-order valence-corrected chi connectivity index (χ2v) is 6.73. The first kappa shape index (κ1) is 17.5. The largest absolute Gasteiger partial charge is 0.487 e. The Hall–Kier alpha value is -2.31. The first-order valence-corrected chi connectivity index (χ1v) is 9.03. The molecule has 0 aromatic carbocycles. The number of nitrogens with zero attached hydrogens (tertiary/aromatic N) is 2. The molecule has 1 aromatic heterocycles. The summed E-state index contributed by atoms with van der Waals surface area (Å²) in [7, 11) is 1.59. The minimum absolute atomic E-state index is 0.156. The number of amides is 3. The lowest BCUT2D eigenvalue weighted by Gasteiger charge is -2.28. The predicted octanol–water partition coefficient (Wildman–Crippen LogP) is 1.69. The van der Waals surface area contributed by atoms with E-state index in [-0.39, 0.29) is 24.1 Å². The molecule has 1 saturated heterocycles. The maximum atomic E-state index is 12.7. The minimum Gasteiger partial charge on any atom is -0.487 e. The molecule has 0 spiro atoms. The fourth-order valence-corrected chi connectivity index (χ4v) is 3.64. The van der Waals surface area contributed by atoms with Crippen LogP contribution in [0.2, 0.25) is 0 Å². The number of urea groups is 1.